The maximum atomic E-state index is 12.5. The molecule has 0 saturated heterocycles. The summed E-state index contributed by atoms with van der Waals surface area (Å²) in [5.41, 5.74) is 2.09. The van der Waals surface area contributed by atoms with E-state index in [1.54, 1.807) is 0 Å². The van der Waals surface area contributed by atoms with Crippen LogP contribution in [0.15, 0.2) is 18.2 Å². The zero-order valence-corrected chi connectivity index (χ0v) is 17.1. The lowest BCUT2D eigenvalue weighted by Gasteiger charge is -2.13. The van der Waals surface area contributed by atoms with Gasteiger partial charge in [0.15, 0.2) is 0 Å². The molecule has 11 heteroatoms. The zero-order chi connectivity index (χ0) is 21.7. The van der Waals surface area contributed by atoms with Crippen molar-refractivity contribution in [3.63, 3.8) is 0 Å². The highest BCUT2D eigenvalue weighted by Crippen LogP contribution is 2.39. The number of anilines is 3. The number of aliphatic hydroxyl groups excluding tert-OH is 1. The number of aliphatic hydroxyl groups is 1. The molecule has 1 aliphatic rings. The van der Waals surface area contributed by atoms with E-state index in [9.17, 15) is 19.7 Å². The number of hydrogen-bond acceptors (Lipinski definition) is 9. The number of fused-ring (bicyclic) bond motifs is 1. The van der Waals surface area contributed by atoms with Crippen LogP contribution in [-0.4, -0.2) is 48.7 Å². The number of thiophene rings is 1. The number of carbonyl (C=O) groups is 2. The van der Waals surface area contributed by atoms with Crippen LogP contribution in [0.25, 0.3) is 0 Å². The molecule has 10 nitrogen and oxygen atoms in total. The molecule has 160 valence electrons. The number of carbonyl (C=O) groups excluding carboxylic acids is 2. The Hall–Kier alpha value is -3.18. The van der Waals surface area contributed by atoms with Gasteiger partial charge in [-0.15, -0.1) is 11.3 Å². The number of ether oxygens (including phenoxy) is 1. The molecule has 1 aromatic carbocycles. The minimum Gasteiger partial charge on any atom is -0.465 e. The van der Waals surface area contributed by atoms with E-state index in [0.717, 1.165) is 29.7 Å². The number of hydrogen-bond donors (Lipinski definition) is 4. The quantitative estimate of drug-likeness (QED) is 0.268. The highest BCUT2D eigenvalue weighted by molar-refractivity contribution is 7.17. The Balaban J connectivity index is 1.73. The molecular weight excluding hydrogens is 412 g/mol. The second kappa shape index (κ2) is 9.55. The van der Waals surface area contributed by atoms with Gasteiger partial charge in [0.05, 0.1) is 42.1 Å². The normalized spacial score (nSPS) is 12.2. The summed E-state index contributed by atoms with van der Waals surface area (Å²) in [6, 6.07) is 4.15. The summed E-state index contributed by atoms with van der Waals surface area (Å²) < 4.78 is 4.87. The molecule has 0 saturated carbocycles. The van der Waals surface area contributed by atoms with Gasteiger partial charge in [-0.25, -0.2) is 4.79 Å². The third-order valence-electron chi connectivity index (χ3n) is 4.64. The van der Waals surface area contributed by atoms with E-state index < -0.39 is 16.8 Å². The van der Waals surface area contributed by atoms with Crippen molar-refractivity contribution in [3.8, 4) is 0 Å². The first-order valence-electron chi connectivity index (χ1n) is 9.34. The van der Waals surface area contributed by atoms with E-state index in [2.05, 4.69) is 16.0 Å². The summed E-state index contributed by atoms with van der Waals surface area (Å²) in [5.74, 6) is -0.883. The minimum atomic E-state index is -0.531. The van der Waals surface area contributed by atoms with Gasteiger partial charge >= 0.3 is 5.97 Å². The number of methoxy groups -OCH3 is 1. The monoisotopic (exact) mass is 434 g/mol. The first-order chi connectivity index (χ1) is 14.4. The van der Waals surface area contributed by atoms with Crippen molar-refractivity contribution < 1.29 is 24.4 Å². The Morgan fingerprint density at radius 3 is 2.77 bits per heavy atom. The fraction of sp³-hybridized carbons (Fsp3) is 0.368. The highest BCUT2D eigenvalue weighted by atomic mass is 32.1. The summed E-state index contributed by atoms with van der Waals surface area (Å²) in [5, 5.41) is 29.1. The van der Waals surface area contributed by atoms with Crippen LogP contribution in [0.3, 0.4) is 0 Å². The molecule has 0 unspecified atom stereocenters. The van der Waals surface area contributed by atoms with Crippen LogP contribution in [-0.2, 0) is 22.4 Å². The molecule has 1 amide bonds. The molecule has 0 radical (unpaired) electrons. The molecule has 1 aliphatic carbocycles. The summed E-state index contributed by atoms with van der Waals surface area (Å²) in [6.45, 7) is -0.0314. The molecule has 2 aromatic rings. The third kappa shape index (κ3) is 4.69. The number of amides is 1. The highest BCUT2D eigenvalue weighted by Gasteiger charge is 2.28. The molecule has 0 atom stereocenters. The van der Waals surface area contributed by atoms with E-state index in [1.165, 1.54) is 36.6 Å². The molecule has 3 rings (SSSR count). The lowest BCUT2D eigenvalue weighted by molar-refractivity contribution is -0.384. The number of aryl methyl sites for hydroxylation is 1. The van der Waals surface area contributed by atoms with Crippen LogP contribution < -0.4 is 16.0 Å². The second-order valence-electron chi connectivity index (χ2n) is 6.59. The van der Waals surface area contributed by atoms with Gasteiger partial charge in [0.2, 0.25) is 5.91 Å². The van der Waals surface area contributed by atoms with Crippen LogP contribution >= 0.6 is 11.3 Å². The Morgan fingerprint density at radius 2 is 2.07 bits per heavy atom. The first-order valence-corrected chi connectivity index (χ1v) is 10.2. The van der Waals surface area contributed by atoms with E-state index in [1.807, 2.05) is 0 Å². The number of non-ortho nitro benzene ring substituents is 1. The lowest BCUT2D eigenvalue weighted by Crippen LogP contribution is -2.23. The van der Waals surface area contributed by atoms with Gasteiger partial charge in [-0.1, -0.05) is 0 Å². The second-order valence-corrected chi connectivity index (χ2v) is 7.70. The Labute approximate surface area is 176 Å². The van der Waals surface area contributed by atoms with Gasteiger partial charge in [0.1, 0.15) is 5.00 Å². The number of nitrogens with zero attached hydrogens (tertiary/aromatic N) is 1. The van der Waals surface area contributed by atoms with E-state index in [-0.39, 0.29) is 25.4 Å². The molecular formula is C19H22N4O6S. The number of nitro groups is 1. The van der Waals surface area contributed by atoms with Gasteiger partial charge in [-0.2, -0.15) is 0 Å². The van der Waals surface area contributed by atoms with Gasteiger partial charge in [0.25, 0.3) is 5.69 Å². The average Bonchev–Trinajstić information content (AvgIpc) is 3.31. The van der Waals surface area contributed by atoms with Crippen molar-refractivity contribution >= 4 is 45.3 Å². The van der Waals surface area contributed by atoms with Crippen molar-refractivity contribution in [1.82, 2.24) is 0 Å². The number of nitrogens with one attached hydrogen (secondary N) is 3. The number of nitro benzene ring substituents is 1. The van der Waals surface area contributed by atoms with Crippen LogP contribution in [0.1, 0.15) is 27.2 Å². The third-order valence-corrected chi connectivity index (χ3v) is 5.85. The Bertz CT molecular complexity index is 974. The molecule has 4 N–H and O–H groups in total. The van der Waals surface area contributed by atoms with Gasteiger partial charge in [-0.05, 0) is 30.9 Å². The number of benzene rings is 1. The molecule has 0 bridgehead atoms. The van der Waals surface area contributed by atoms with Crippen LogP contribution in [0.5, 0.6) is 0 Å². The summed E-state index contributed by atoms with van der Waals surface area (Å²) in [4.78, 5) is 36.3. The molecule has 1 heterocycles. The molecule has 0 aliphatic heterocycles. The molecule has 1 aromatic heterocycles. The van der Waals surface area contributed by atoms with E-state index in [0.29, 0.717) is 21.9 Å². The predicted molar refractivity (Wildman–Crippen MR) is 113 cm³/mol. The van der Waals surface area contributed by atoms with Gasteiger partial charge in [0, 0.05) is 23.6 Å². The Kier molecular flexibility index (Phi) is 6.85. The first kappa shape index (κ1) is 21.5. The molecule has 30 heavy (non-hydrogen) atoms. The van der Waals surface area contributed by atoms with Gasteiger partial charge < -0.3 is 25.8 Å². The maximum absolute atomic E-state index is 12.5. The van der Waals surface area contributed by atoms with Crippen LogP contribution in [0.4, 0.5) is 22.1 Å². The van der Waals surface area contributed by atoms with Crippen molar-refractivity contribution in [2.24, 2.45) is 0 Å². The SMILES string of the molecule is COC(=O)c1c(NC(=O)CNc2cc([N+](=O)[O-])ccc2NCCO)sc2c1CCC2. The zero-order valence-electron chi connectivity index (χ0n) is 16.3. The van der Waals surface area contributed by atoms with Crippen molar-refractivity contribution in [2.45, 2.75) is 19.3 Å². The van der Waals surface area contributed by atoms with Crippen molar-refractivity contribution in [1.29, 1.82) is 0 Å². The van der Waals surface area contributed by atoms with Gasteiger partial charge in [-0.3, -0.25) is 14.9 Å². The van der Waals surface area contributed by atoms with Crippen LogP contribution in [0.2, 0.25) is 0 Å². The molecule has 0 spiro atoms. The minimum absolute atomic E-state index is 0.115. The summed E-state index contributed by atoms with van der Waals surface area (Å²) in [7, 11) is 1.30. The smallest absolute Gasteiger partial charge is 0.341 e. The largest absolute Gasteiger partial charge is 0.465 e. The summed E-state index contributed by atoms with van der Waals surface area (Å²) >= 11 is 1.37. The number of esters is 1. The lowest BCUT2D eigenvalue weighted by atomic mass is 10.1. The van der Waals surface area contributed by atoms with E-state index in [4.69, 9.17) is 9.84 Å². The van der Waals surface area contributed by atoms with Crippen LogP contribution in [0, 0.1) is 10.1 Å². The fourth-order valence-electron chi connectivity index (χ4n) is 3.29. The molecule has 0 fully saturated rings. The maximum Gasteiger partial charge on any atom is 0.341 e. The standard InChI is InChI=1S/C19H22N4O6S/c1-29-19(26)17-12-3-2-4-15(12)30-18(17)22-16(25)10-21-14-9-11(23(27)28)5-6-13(14)20-7-8-24/h5-6,9,20-21,24H,2-4,7-8,10H2,1H3,(H,22,25). The summed E-state index contributed by atoms with van der Waals surface area (Å²) in [6.07, 6.45) is 2.61. The average molecular weight is 434 g/mol. The van der Waals surface area contributed by atoms with E-state index >= 15 is 0 Å². The topological polar surface area (TPSA) is 143 Å². The fourth-order valence-corrected chi connectivity index (χ4v) is 4.59. The predicted octanol–water partition coefficient (Wildman–Crippen LogP) is 2.39. The van der Waals surface area contributed by atoms with Crippen molar-refractivity contribution in [3.05, 3.63) is 44.3 Å². The Morgan fingerprint density at radius 1 is 1.27 bits per heavy atom. The number of rotatable bonds is 9. The van der Waals surface area contributed by atoms with Crippen molar-refractivity contribution in [2.75, 3.05) is 42.8 Å².